The van der Waals surface area contributed by atoms with Crippen molar-refractivity contribution in [2.75, 3.05) is 0 Å². The summed E-state index contributed by atoms with van der Waals surface area (Å²) in [6, 6.07) is 29.7. The number of fused-ring (bicyclic) bond motifs is 5. The van der Waals surface area contributed by atoms with Crippen molar-refractivity contribution in [1.82, 2.24) is 14.8 Å². The minimum Gasteiger partial charge on any atom is -0.299 e. The normalized spacial score (nSPS) is 13.9. The first-order valence-electron chi connectivity index (χ1n) is 10.3. The quantitative estimate of drug-likeness (QED) is 0.351. The molecule has 0 saturated heterocycles. The molecule has 0 unspecified atom stereocenters. The molecule has 30 heavy (non-hydrogen) atoms. The van der Waals surface area contributed by atoms with Crippen LogP contribution in [-0.4, -0.2) is 14.8 Å². The number of rotatable bonds is 2. The molecular formula is C27H21N3. The van der Waals surface area contributed by atoms with Crippen LogP contribution in [0.4, 0.5) is 0 Å². The molecule has 0 spiro atoms. The van der Waals surface area contributed by atoms with Crippen LogP contribution < -0.4 is 0 Å². The molecule has 6 rings (SSSR count). The summed E-state index contributed by atoms with van der Waals surface area (Å²) >= 11 is 0. The first-order valence-corrected chi connectivity index (χ1v) is 10.3. The van der Waals surface area contributed by atoms with E-state index >= 15 is 0 Å². The smallest absolute Gasteiger partial charge is 0.159 e. The molecule has 5 aromatic rings. The molecule has 1 aliphatic carbocycles. The lowest BCUT2D eigenvalue weighted by Crippen LogP contribution is -2.14. The highest BCUT2D eigenvalue weighted by molar-refractivity contribution is 6.01. The maximum absolute atomic E-state index is 4.58. The molecule has 0 saturated carbocycles. The lowest BCUT2D eigenvalue weighted by molar-refractivity contribution is 0.660. The molecule has 0 amide bonds. The van der Waals surface area contributed by atoms with Crippen molar-refractivity contribution in [3.8, 4) is 28.2 Å². The van der Waals surface area contributed by atoms with E-state index in [1.807, 2.05) is 24.3 Å². The Hall–Kier alpha value is -3.72. The van der Waals surface area contributed by atoms with Crippen LogP contribution in [0.3, 0.4) is 0 Å². The third-order valence-electron chi connectivity index (χ3n) is 6.36. The van der Waals surface area contributed by atoms with E-state index in [0.717, 1.165) is 17.1 Å². The van der Waals surface area contributed by atoms with Crippen molar-refractivity contribution < 1.29 is 0 Å². The molecule has 2 heterocycles. The van der Waals surface area contributed by atoms with Crippen molar-refractivity contribution in [3.63, 3.8) is 0 Å². The average molecular weight is 387 g/mol. The summed E-state index contributed by atoms with van der Waals surface area (Å²) in [4.78, 5) is 0. The highest BCUT2D eigenvalue weighted by atomic mass is 15.2. The molecule has 1 aliphatic rings. The van der Waals surface area contributed by atoms with E-state index in [1.165, 1.54) is 33.2 Å². The van der Waals surface area contributed by atoms with Gasteiger partial charge in [-0.2, -0.15) is 0 Å². The molecule has 0 aliphatic heterocycles. The standard InChI is InChI=1S/C27H21N3/c1-27(2)21-11-7-6-10-20(21)25-22(27)13-12-19-16-17-30(26(19)25)24-15-14-23(28-29-24)18-8-4-3-5-9-18/h3-17H,1-2H3. The number of hydrogen-bond acceptors (Lipinski definition) is 2. The minimum absolute atomic E-state index is 0.0158. The molecule has 0 radical (unpaired) electrons. The summed E-state index contributed by atoms with van der Waals surface area (Å²) in [7, 11) is 0. The largest absolute Gasteiger partial charge is 0.299 e. The highest BCUT2D eigenvalue weighted by Gasteiger charge is 2.36. The Morgan fingerprint density at radius 2 is 1.50 bits per heavy atom. The maximum atomic E-state index is 4.58. The predicted octanol–water partition coefficient (Wildman–Crippen LogP) is 6.39. The summed E-state index contributed by atoms with van der Waals surface area (Å²) in [5.41, 5.74) is 8.52. The van der Waals surface area contributed by atoms with Crippen LogP contribution in [-0.2, 0) is 5.41 Å². The van der Waals surface area contributed by atoms with Crippen molar-refractivity contribution >= 4 is 10.9 Å². The summed E-state index contributed by atoms with van der Waals surface area (Å²) in [5, 5.41) is 10.3. The molecule has 0 fully saturated rings. The summed E-state index contributed by atoms with van der Waals surface area (Å²) in [5.74, 6) is 0.834. The third kappa shape index (κ3) is 2.32. The fourth-order valence-electron chi connectivity index (χ4n) is 4.82. The van der Waals surface area contributed by atoms with Gasteiger partial charge in [0.1, 0.15) is 0 Å². The van der Waals surface area contributed by atoms with Crippen LogP contribution in [0, 0.1) is 0 Å². The molecule has 144 valence electrons. The van der Waals surface area contributed by atoms with Gasteiger partial charge in [0.05, 0.1) is 11.2 Å². The first kappa shape index (κ1) is 17.2. The molecule has 3 aromatic carbocycles. The van der Waals surface area contributed by atoms with Gasteiger partial charge in [0.2, 0.25) is 0 Å². The van der Waals surface area contributed by atoms with Gasteiger partial charge in [0, 0.05) is 28.1 Å². The molecule has 2 aromatic heterocycles. The van der Waals surface area contributed by atoms with Crippen LogP contribution in [0.25, 0.3) is 39.1 Å². The average Bonchev–Trinajstić information content (AvgIpc) is 3.32. The SMILES string of the molecule is CC1(C)c2ccccc2-c2c1ccc1ccn(-c3ccc(-c4ccccc4)nn3)c21. The first-order chi connectivity index (χ1) is 14.6. The Kier molecular flexibility index (Phi) is 3.51. The maximum Gasteiger partial charge on any atom is 0.159 e. The fourth-order valence-corrected chi connectivity index (χ4v) is 4.82. The van der Waals surface area contributed by atoms with E-state index in [9.17, 15) is 0 Å². The van der Waals surface area contributed by atoms with E-state index in [-0.39, 0.29) is 5.41 Å². The Balaban J connectivity index is 1.56. The number of hydrogen-bond donors (Lipinski definition) is 0. The van der Waals surface area contributed by atoms with Gasteiger partial charge in [0.15, 0.2) is 5.82 Å². The number of aromatic nitrogens is 3. The van der Waals surface area contributed by atoms with Crippen LogP contribution in [0.15, 0.2) is 91.1 Å². The lowest BCUT2D eigenvalue weighted by atomic mass is 9.82. The molecule has 0 N–H and O–H groups in total. The number of nitrogens with zero attached hydrogens (tertiary/aromatic N) is 3. The van der Waals surface area contributed by atoms with Gasteiger partial charge in [-0.1, -0.05) is 80.6 Å². The fraction of sp³-hybridized carbons (Fsp3) is 0.111. The Morgan fingerprint density at radius 3 is 2.30 bits per heavy atom. The molecule has 0 bridgehead atoms. The van der Waals surface area contributed by atoms with Crippen molar-refractivity contribution in [3.05, 3.63) is 102 Å². The lowest BCUT2D eigenvalue weighted by Gasteiger charge is -2.21. The topological polar surface area (TPSA) is 30.7 Å². The molecule has 3 heteroatoms. The van der Waals surface area contributed by atoms with Crippen LogP contribution >= 0.6 is 0 Å². The van der Waals surface area contributed by atoms with E-state index in [1.54, 1.807) is 0 Å². The Morgan fingerprint density at radius 1 is 0.700 bits per heavy atom. The second-order valence-electron chi connectivity index (χ2n) is 8.43. The van der Waals surface area contributed by atoms with Gasteiger partial charge < -0.3 is 0 Å². The zero-order valence-electron chi connectivity index (χ0n) is 17.0. The summed E-state index contributed by atoms with van der Waals surface area (Å²) in [6.45, 7) is 4.62. The van der Waals surface area contributed by atoms with E-state index in [4.69, 9.17) is 0 Å². The van der Waals surface area contributed by atoms with E-state index in [0.29, 0.717) is 0 Å². The van der Waals surface area contributed by atoms with Gasteiger partial charge in [-0.05, 0) is 34.9 Å². The summed E-state index contributed by atoms with van der Waals surface area (Å²) < 4.78 is 2.17. The highest BCUT2D eigenvalue weighted by Crippen LogP contribution is 2.51. The van der Waals surface area contributed by atoms with E-state index < -0.39 is 0 Å². The Labute approximate surface area is 175 Å². The third-order valence-corrected chi connectivity index (χ3v) is 6.36. The number of benzene rings is 3. The molecule has 3 nitrogen and oxygen atoms in total. The monoisotopic (exact) mass is 387 g/mol. The predicted molar refractivity (Wildman–Crippen MR) is 122 cm³/mol. The van der Waals surface area contributed by atoms with Gasteiger partial charge in [-0.25, -0.2) is 0 Å². The van der Waals surface area contributed by atoms with Crippen LogP contribution in [0.2, 0.25) is 0 Å². The van der Waals surface area contributed by atoms with E-state index in [2.05, 4.69) is 95.5 Å². The Bertz CT molecular complexity index is 1390. The van der Waals surface area contributed by atoms with Gasteiger partial charge in [0.25, 0.3) is 0 Å². The minimum atomic E-state index is -0.0158. The van der Waals surface area contributed by atoms with Gasteiger partial charge in [-0.3, -0.25) is 4.57 Å². The second-order valence-corrected chi connectivity index (χ2v) is 8.43. The van der Waals surface area contributed by atoms with Gasteiger partial charge >= 0.3 is 0 Å². The molecule has 0 atom stereocenters. The molecular weight excluding hydrogens is 366 g/mol. The van der Waals surface area contributed by atoms with Crippen molar-refractivity contribution in [2.45, 2.75) is 19.3 Å². The zero-order valence-corrected chi connectivity index (χ0v) is 17.0. The van der Waals surface area contributed by atoms with Crippen molar-refractivity contribution in [2.24, 2.45) is 0 Å². The van der Waals surface area contributed by atoms with Crippen molar-refractivity contribution in [1.29, 1.82) is 0 Å². The van der Waals surface area contributed by atoms with Crippen LogP contribution in [0.1, 0.15) is 25.0 Å². The van der Waals surface area contributed by atoms with Crippen LogP contribution in [0.5, 0.6) is 0 Å². The summed E-state index contributed by atoms with van der Waals surface area (Å²) in [6.07, 6.45) is 2.10. The second kappa shape index (κ2) is 6.14. The van der Waals surface area contributed by atoms with Gasteiger partial charge in [-0.15, -0.1) is 10.2 Å². The zero-order chi connectivity index (χ0) is 20.3.